The van der Waals surface area contributed by atoms with Gasteiger partial charge in [0.2, 0.25) is 17.7 Å². The number of carboxylic acids is 1. The average molecular weight is 503 g/mol. The highest BCUT2D eigenvalue weighted by Crippen LogP contribution is 2.10. The second kappa shape index (κ2) is 14.8. The standard InChI is InChI=1S/C20H34N6O5S2/c1-4-11(2)16(26-17(27)13(21)9-32)19(29)25-15(7-12-8-22-10-23-12)18(28)24-14(20(30)31)5-6-33-3/h8,10-11,13-16,32H,4-7,9,21H2,1-3H3,(H,22,23)(H,24,28)(H,25,29)(H,26,27)(H,30,31). The van der Waals surface area contributed by atoms with Crippen molar-refractivity contribution in [1.82, 2.24) is 25.9 Å². The number of carbonyl (C=O) groups excluding carboxylic acids is 3. The van der Waals surface area contributed by atoms with Crippen LogP contribution < -0.4 is 21.7 Å². The van der Waals surface area contributed by atoms with E-state index in [0.717, 1.165) is 0 Å². The van der Waals surface area contributed by atoms with E-state index in [0.29, 0.717) is 17.9 Å². The molecule has 5 atom stereocenters. The molecule has 0 saturated carbocycles. The van der Waals surface area contributed by atoms with Crippen molar-refractivity contribution in [2.24, 2.45) is 11.7 Å². The van der Waals surface area contributed by atoms with Crippen molar-refractivity contribution in [3.8, 4) is 0 Å². The number of thiol groups is 1. The Morgan fingerprint density at radius 2 is 1.85 bits per heavy atom. The maximum absolute atomic E-state index is 13.1. The number of aromatic nitrogens is 2. The van der Waals surface area contributed by atoms with Gasteiger partial charge in [0.15, 0.2) is 0 Å². The van der Waals surface area contributed by atoms with Gasteiger partial charge in [-0.05, 0) is 24.3 Å². The van der Waals surface area contributed by atoms with Gasteiger partial charge in [-0.1, -0.05) is 20.3 Å². The molecule has 0 aromatic carbocycles. The lowest BCUT2D eigenvalue weighted by Gasteiger charge is -2.27. The van der Waals surface area contributed by atoms with Crippen LogP contribution in [0.4, 0.5) is 0 Å². The lowest BCUT2D eigenvalue weighted by Crippen LogP contribution is -2.59. The van der Waals surface area contributed by atoms with Crippen molar-refractivity contribution in [3.05, 3.63) is 18.2 Å². The lowest BCUT2D eigenvalue weighted by molar-refractivity contribution is -0.142. The van der Waals surface area contributed by atoms with Crippen molar-refractivity contribution < 1.29 is 24.3 Å². The number of aromatic amines is 1. The number of thioether (sulfide) groups is 1. The fourth-order valence-corrected chi connectivity index (χ4v) is 3.53. The summed E-state index contributed by atoms with van der Waals surface area (Å²) in [5.74, 6) is -2.49. The van der Waals surface area contributed by atoms with Gasteiger partial charge in [0.25, 0.3) is 0 Å². The topological polar surface area (TPSA) is 179 Å². The Morgan fingerprint density at radius 3 is 2.36 bits per heavy atom. The average Bonchev–Trinajstić information content (AvgIpc) is 3.31. The number of imidazole rings is 1. The van der Waals surface area contributed by atoms with Gasteiger partial charge in [0.05, 0.1) is 12.4 Å². The van der Waals surface area contributed by atoms with Crippen LogP contribution >= 0.6 is 24.4 Å². The maximum atomic E-state index is 13.1. The minimum atomic E-state index is -1.16. The van der Waals surface area contributed by atoms with Crippen LogP contribution in [0.15, 0.2) is 12.5 Å². The molecular formula is C20H34N6O5S2. The first-order chi connectivity index (χ1) is 15.6. The second-order valence-electron chi connectivity index (χ2n) is 7.68. The maximum Gasteiger partial charge on any atom is 0.326 e. The molecule has 13 heteroatoms. The van der Waals surface area contributed by atoms with Gasteiger partial charge >= 0.3 is 5.97 Å². The van der Waals surface area contributed by atoms with Crippen LogP contribution in [-0.4, -0.2) is 80.7 Å². The fraction of sp³-hybridized carbons (Fsp3) is 0.650. The van der Waals surface area contributed by atoms with Crippen LogP contribution in [0, 0.1) is 5.92 Å². The van der Waals surface area contributed by atoms with E-state index in [1.165, 1.54) is 24.3 Å². The van der Waals surface area contributed by atoms with Crippen LogP contribution in [0.5, 0.6) is 0 Å². The van der Waals surface area contributed by atoms with Gasteiger partial charge in [-0.25, -0.2) is 9.78 Å². The Morgan fingerprint density at radius 1 is 1.18 bits per heavy atom. The molecule has 3 amide bonds. The van der Waals surface area contributed by atoms with Crippen LogP contribution in [0.3, 0.4) is 0 Å². The minimum Gasteiger partial charge on any atom is -0.480 e. The quantitative estimate of drug-likeness (QED) is 0.158. The first-order valence-electron chi connectivity index (χ1n) is 10.6. The molecule has 0 bridgehead atoms. The fourth-order valence-electron chi connectivity index (χ4n) is 2.90. The Labute approximate surface area is 203 Å². The zero-order chi connectivity index (χ0) is 25.0. The number of hydrogen-bond acceptors (Lipinski definition) is 8. The lowest BCUT2D eigenvalue weighted by atomic mass is 9.97. The monoisotopic (exact) mass is 502 g/mol. The van der Waals surface area contributed by atoms with E-state index in [-0.39, 0.29) is 24.5 Å². The van der Waals surface area contributed by atoms with Crippen LogP contribution in [-0.2, 0) is 25.6 Å². The highest BCUT2D eigenvalue weighted by atomic mass is 32.2. The number of nitrogens with two attached hydrogens (primary N) is 1. The number of nitrogens with one attached hydrogen (secondary N) is 4. The number of hydrogen-bond donors (Lipinski definition) is 7. The summed E-state index contributed by atoms with van der Waals surface area (Å²) in [7, 11) is 0. The predicted octanol–water partition coefficient (Wildman–Crippen LogP) is -0.452. The molecule has 0 fully saturated rings. The zero-order valence-corrected chi connectivity index (χ0v) is 20.7. The van der Waals surface area contributed by atoms with Gasteiger partial charge in [-0.2, -0.15) is 24.4 Å². The number of carbonyl (C=O) groups is 4. The molecule has 7 N–H and O–H groups in total. The van der Waals surface area contributed by atoms with Crippen LogP contribution in [0.1, 0.15) is 32.4 Å². The van der Waals surface area contributed by atoms with Crippen molar-refractivity contribution in [2.75, 3.05) is 17.8 Å². The summed E-state index contributed by atoms with van der Waals surface area (Å²) in [4.78, 5) is 56.7. The van der Waals surface area contributed by atoms with Crippen molar-refractivity contribution in [3.63, 3.8) is 0 Å². The molecule has 1 aromatic rings. The molecule has 1 heterocycles. The van der Waals surface area contributed by atoms with E-state index in [9.17, 15) is 24.3 Å². The molecule has 0 aliphatic carbocycles. The van der Waals surface area contributed by atoms with Crippen molar-refractivity contribution in [2.45, 2.75) is 57.3 Å². The Kier molecular flexibility index (Phi) is 12.9. The molecule has 11 nitrogen and oxygen atoms in total. The second-order valence-corrected chi connectivity index (χ2v) is 9.03. The Hall–Kier alpha value is -2.25. The minimum absolute atomic E-state index is 0.0593. The van der Waals surface area contributed by atoms with Gasteiger partial charge in [-0.3, -0.25) is 14.4 Å². The summed E-state index contributed by atoms with van der Waals surface area (Å²) < 4.78 is 0. The molecule has 0 aliphatic heterocycles. The smallest absolute Gasteiger partial charge is 0.326 e. The van der Waals surface area contributed by atoms with E-state index in [1.54, 1.807) is 6.92 Å². The van der Waals surface area contributed by atoms with E-state index in [4.69, 9.17) is 5.73 Å². The highest BCUT2D eigenvalue weighted by Gasteiger charge is 2.32. The molecule has 1 aromatic heterocycles. The zero-order valence-electron chi connectivity index (χ0n) is 19.0. The third kappa shape index (κ3) is 9.64. The summed E-state index contributed by atoms with van der Waals surface area (Å²) in [6.45, 7) is 3.66. The molecule has 0 radical (unpaired) electrons. The van der Waals surface area contributed by atoms with E-state index in [1.807, 2.05) is 13.2 Å². The van der Waals surface area contributed by atoms with E-state index in [2.05, 4.69) is 38.5 Å². The summed E-state index contributed by atoms with van der Waals surface area (Å²) in [6.07, 6.45) is 5.66. The number of carboxylic acid groups (broad SMARTS) is 1. The summed E-state index contributed by atoms with van der Waals surface area (Å²) in [5, 5.41) is 17.2. The van der Waals surface area contributed by atoms with Gasteiger partial charge in [-0.15, -0.1) is 0 Å². The molecule has 0 aliphatic rings. The highest BCUT2D eigenvalue weighted by molar-refractivity contribution is 7.98. The first kappa shape index (κ1) is 28.8. The molecule has 0 saturated heterocycles. The third-order valence-electron chi connectivity index (χ3n) is 5.16. The van der Waals surface area contributed by atoms with Gasteiger partial charge < -0.3 is 31.8 Å². The normalized spacial score (nSPS) is 15.5. The molecule has 1 rings (SSSR count). The number of H-pyrrole nitrogens is 1. The number of aliphatic carboxylic acids is 1. The number of rotatable bonds is 15. The number of nitrogens with zero attached hydrogens (tertiary/aromatic N) is 1. The number of amides is 3. The summed E-state index contributed by atoms with van der Waals surface area (Å²) in [6, 6.07) is -4.00. The molecular weight excluding hydrogens is 468 g/mol. The van der Waals surface area contributed by atoms with Gasteiger partial charge in [0, 0.05) is 24.1 Å². The van der Waals surface area contributed by atoms with Gasteiger partial charge in [0.1, 0.15) is 18.1 Å². The Balaban J connectivity index is 3.06. The van der Waals surface area contributed by atoms with Crippen molar-refractivity contribution >= 4 is 48.1 Å². The van der Waals surface area contributed by atoms with Crippen molar-refractivity contribution in [1.29, 1.82) is 0 Å². The van der Waals surface area contributed by atoms with Crippen LogP contribution in [0.25, 0.3) is 0 Å². The SMILES string of the molecule is CCC(C)C(NC(=O)C(N)CS)C(=O)NC(Cc1cnc[nH]1)C(=O)NC(CCSC)C(=O)O. The molecule has 0 spiro atoms. The molecule has 5 unspecified atom stereocenters. The predicted molar refractivity (Wildman–Crippen MR) is 130 cm³/mol. The molecule has 186 valence electrons. The summed E-state index contributed by atoms with van der Waals surface area (Å²) >= 11 is 5.47. The van der Waals surface area contributed by atoms with E-state index >= 15 is 0 Å². The first-order valence-corrected chi connectivity index (χ1v) is 12.6. The Bertz CT molecular complexity index is 779. The molecule has 33 heavy (non-hydrogen) atoms. The summed E-state index contributed by atoms with van der Waals surface area (Å²) in [5.41, 5.74) is 6.29. The third-order valence-corrected chi connectivity index (χ3v) is 6.20. The van der Waals surface area contributed by atoms with Crippen LogP contribution in [0.2, 0.25) is 0 Å². The largest absolute Gasteiger partial charge is 0.480 e. The van der Waals surface area contributed by atoms with E-state index < -0.39 is 47.9 Å².